The first-order chi connectivity index (χ1) is 11.5. The summed E-state index contributed by atoms with van der Waals surface area (Å²) in [6.07, 6.45) is 2.16. The average molecular weight is 336 g/mol. The van der Waals surface area contributed by atoms with Gasteiger partial charge in [0.1, 0.15) is 5.82 Å². The van der Waals surface area contributed by atoms with E-state index < -0.39 is 6.10 Å². The van der Waals surface area contributed by atoms with E-state index in [1.165, 1.54) is 12.1 Å². The van der Waals surface area contributed by atoms with Crippen LogP contribution in [0.15, 0.2) is 24.3 Å². The van der Waals surface area contributed by atoms with Gasteiger partial charge in [-0.05, 0) is 49.8 Å². The summed E-state index contributed by atoms with van der Waals surface area (Å²) in [5.41, 5.74) is 0.938. The number of rotatable bonds is 5. The number of carbonyl (C=O) groups is 1. The number of urea groups is 1. The lowest BCUT2D eigenvalue weighted by Gasteiger charge is -2.37. The van der Waals surface area contributed by atoms with Crippen LogP contribution in [0.4, 0.5) is 9.18 Å². The number of benzene rings is 1. The molecular weight excluding hydrogens is 311 g/mol. The predicted octanol–water partition coefficient (Wildman–Crippen LogP) is 2.46. The lowest BCUT2D eigenvalue weighted by molar-refractivity contribution is -0.00497. The highest BCUT2D eigenvalue weighted by Gasteiger charge is 2.36. The van der Waals surface area contributed by atoms with E-state index in [0.29, 0.717) is 32.1 Å². The van der Waals surface area contributed by atoms with E-state index >= 15 is 0 Å². The Bertz CT molecular complexity index is 560. The van der Waals surface area contributed by atoms with Crippen LogP contribution < -0.4 is 5.32 Å². The van der Waals surface area contributed by atoms with E-state index in [1.807, 2.05) is 0 Å². The van der Waals surface area contributed by atoms with Crippen LogP contribution >= 0.6 is 0 Å². The number of nitrogens with one attached hydrogen (secondary N) is 1. The first-order valence-electron chi connectivity index (χ1n) is 8.63. The van der Waals surface area contributed by atoms with Crippen LogP contribution in [-0.4, -0.2) is 47.9 Å². The zero-order valence-electron chi connectivity index (χ0n) is 14.0. The Kier molecular flexibility index (Phi) is 5.36. The van der Waals surface area contributed by atoms with E-state index in [4.69, 9.17) is 4.74 Å². The minimum atomic E-state index is -0.483. The van der Waals surface area contributed by atoms with Crippen molar-refractivity contribution in [1.29, 1.82) is 0 Å². The first kappa shape index (κ1) is 17.2. The molecule has 2 fully saturated rings. The van der Waals surface area contributed by atoms with Crippen LogP contribution in [0.25, 0.3) is 0 Å². The van der Waals surface area contributed by atoms with Gasteiger partial charge in [-0.15, -0.1) is 0 Å². The van der Waals surface area contributed by atoms with Gasteiger partial charge in [-0.3, -0.25) is 0 Å². The van der Waals surface area contributed by atoms with Crippen molar-refractivity contribution in [2.75, 3.05) is 19.8 Å². The van der Waals surface area contributed by atoms with Gasteiger partial charge in [0.15, 0.2) is 0 Å². The lowest BCUT2D eigenvalue weighted by atomic mass is 10.0. The molecule has 0 radical (unpaired) electrons. The van der Waals surface area contributed by atoms with Crippen LogP contribution in [0.3, 0.4) is 0 Å². The van der Waals surface area contributed by atoms with Crippen molar-refractivity contribution in [1.82, 2.24) is 10.2 Å². The summed E-state index contributed by atoms with van der Waals surface area (Å²) >= 11 is 0. The number of ether oxygens (including phenoxy) is 1. The third-order valence-electron chi connectivity index (χ3n) is 4.70. The number of carbonyl (C=O) groups excluding carboxylic acids is 1. The Labute approximate surface area is 141 Å². The largest absolute Gasteiger partial charge is 0.393 e. The molecule has 3 atom stereocenters. The molecule has 3 rings (SSSR count). The number of nitrogens with zero attached hydrogens (tertiary/aromatic N) is 1. The highest BCUT2D eigenvalue weighted by Crippen LogP contribution is 2.41. The van der Waals surface area contributed by atoms with E-state index in [1.54, 1.807) is 24.0 Å². The highest BCUT2D eigenvalue weighted by atomic mass is 19.1. The molecule has 2 N–H and O–H groups in total. The predicted molar refractivity (Wildman–Crippen MR) is 88.0 cm³/mol. The minimum Gasteiger partial charge on any atom is -0.393 e. The van der Waals surface area contributed by atoms with Crippen molar-refractivity contribution in [3.63, 3.8) is 0 Å². The molecule has 1 aromatic rings. The lowest BCUT2D eigenvalue weighted by Crippen LogP contribution is -2.54. The molecule has 5 nitrogen and oxygen atoms in total. The van der Waals surface area contributed by atoms with Gasteiger partial charge in [-0.2, -0.15) is 0 Å². The number of amides is 2. The maximum Gasteiger partial charge on any atom is 0.318 e. The number of aliphatic hydroxyl groups is 1. The molecule has 1 saturated carbocycles. The maximum atomic E-state index is 13.2. The molecule has 6 heteroatoms. The molecule has 2 aliphatic rings. The average Bonchev–Trinajstić information content (AvgIpc) is 3.38. The fourth-order valence-corrected chi connectivity index (χ4v) is 3.30. The molecule has 1 aromatic carbocycles. The topological polar surface area (TPSA) is 61.8 Å². The molecule has 1 aliphatic heterocycles. The second kappa shape index (κ2) is 7.49. The first-order valence-corrected chi connectivity index (χ1v) is 8.63. The Morgan fingerprint density at radius 3 is 2.75 bits per heavy atom. The Morgan fingerprint density at radius 1 is 1.42 bits per heavy atom. The standard InChI is InChI=1S/C18H25FN2O3/c1-12(22)10-16-11-24-9-8-21(16)18(23)20-17(13-2-3-13)14-4-6-15(19)7-5-14/h4-7,12-13,16-17,22H,2-3,8-11H2,1H3,(H,20,23)/t12-,16-,17-/m0/s1. The SMILES string of the molecule is C[C@H](O)C[C@H]1COCCN1C(=O)N[C@H](c1ccc(F)cc1)C1CC1. The number of aliphatic hydroxyl groups excluding tert-OH is 1. The molecule has 132 valence electrons. The summed E-state index contributed by atoms with van der Waals surface area (Å²) in [7, 11) is 0. The fraction of sp³-hybridized carbons (Fsp3) is 0.611. The fourth-order valence-electron chi connectivity index (χ4n) is 3.30. The normalized spacial score (nSPS) is 23.6. The van der Waals surface area contributed by atoms with E-state index in [-0.39, 0.29) is 23.9 Å². The van der Waals surface area contributed by atoms with E-state index in [2.05, 4.69) is 5.32 Å². The molecule has 2 amide bonds. The van der Waals surface area contributed by atoms with Crippen LogP contribution in [-0.2, 0) is 4.74 Å². The maximum absolute atomic E-state index is 13.2. The molecular formula is C18H25FN2O3. The summed E-state index contributed by atoms with van der Waals surface area (Å²) < 4.78 is 18.6. The van der Waals surface area contributed by atoms with Crippen molar-refractivity contribution < 1.29 is 19.0 Å². The molecule has 0 spiro atoms. The number of halogens is 1. The third kappa shape index (κ3) is 4.24. The van der Waals surface area contributed by atoms with Crippen molar-refractivity contribution in [3.8, 4) is 0 Å². The molecule has 0 aromatic heterocycles. The quantitative estimate of drug-likeness (QED) is 0.868. The molecule has 1 saturated heterocycles. The summed E-state index contributed by atoms with van der Waals surface area (Å²) in [6, 6.07) is 6.00. The van der Waals surface area contributed by atoms with Gasteiger partial charge in [0.05, 0.1) is 31.4 Å². The van der Waals surface area contributed by atoms with Crippen LogP contribution in [0, 0.1) is 11.7 Å². The summed E-state index contributed by atoms with van der Waals surface area (Å²) in [6.45, 7) is 3.19. The van der Waals surface area contributed by atoms with Gasteiger partial charge >= 0.3 is 6.03 Å². The minimum absolute atomic E-state index is 0.0897. The second-order valence-corrected chi connectivity index (χ2v) is 6.82. The highest BCUT2D eigenvalue weighted by molar-refractivity contribution is 5.75. The van der Waals surface area contributed by atoms with E-state index in [9.17, 15) is 14.3 Å². The van der Waals surface area contributed by atoms with Crippen molar-refractivity contribution in [3.05, 3.63) is 35.6 Å². The second-order valence-electron chi connectivity index (χ2n) is 6.82. The van der Waals surface area contributed by atoms with Crippen molar-refractivity contribution >= 4 is 6.03 Å². The molecule has 1 heterocycles. The third-order valence-corrected chi connectivity index (χ3v) is 4.70. The molecule has 0 bridgehead atoms. The van der Waals surface area contributed by atoms with Crippen LogP contribution in [0.1, 0.15) is 37.8 Å². The molecule has 0 unspecified atom stereocenters. The van der Waals surface area contributed by atoms with Crippen LogP contribution in [0.5, 0.6) is 0 Å². The summed E-state index contributed by atoms with van der Waals surface area (Å²) in [5.74, 6) is 0.139. The van der Waals surface area contributed by atoms with Crippen molar-refractivity contribution in [2.45, 2.75) is 44.4 Å². The van der Waals surface area contributed by atoms with Crippen LogP contribution in [0.2, 0.25) is 0 Å². The summed E-state index contributed by atoms with van der Waals surface area (Å²) in [4.78, 5) is 14.5. The van der Waals surface area contributed by atoms with Gasteiger partial charge in [0.2, 0.25) is 0 Å². The van der Waals surface area contributed by atoms with E-state index in [0.717, 1.165) is 18.4 Å². The summed E-state index contributed by atoms with van der Waals surface area (Å²) in [5, 5.41) is 12.8. The Balaban J connectivity index is 1.69. The van der Waals surface area contributed by atoms with Crippen molar-refractivity contribution in [2.24, 2.45) is 5.92 Å². The van der Waals surface area contributed by atoms with Gasteiger partial charge < -0.3 is 20.1 Å². The Morgan fingerprint density at radius 2 is 2.12 bits per heavy atom. The number of hydrogen-bond donors (Lipinski definition) is 2. The Hall–Kier alpha value is -1.66. The monoisotopic (exact) mass is 336 g/mol. The number of morpholine rings is 1. The smallest absolute Gasteiger partial charge is 0.318 e. The zero-order valence-corrected chi connectivity index (χ0v) is 14.0. The van der Waals surface area contributed by atoms with Gasteiger partial charge in [0, 0.05) is 6.54 Å². The molecule has 24 heavy (non-hydrogen) atoms. The number of hydrogen-bond acceptors (Lipinski definition) is 3. The van der Waals surface area contributed by atoms with Gasteiger partial charge in [0.25, 0.3) is 0 Å². The zero-order chi connectivity index (χ0) is 17.1. The molecule has 1 aliphatic carbocycles. The van der Waals surface area contributed by atoms with Gasteiger partial charge in [-0.25, -0.2) is 9.18 Å². The van der Waals surface area contributed by atoms with Gasteiger partial charge in [-0.1, -0.05) is 12.1 Å².